The summed E-state index contributed by atoms with van der Waals surface area (Å²) in [6, 6.07) is 9.24. The molecule has 180 valence electrons. The van der Waals surface area contributed by atoms with E-state index in [1.54, 1.807) is 6.07 Å². The Morgan fingerprint density at radius 2 is 2.03 bits per heavy atom. The molecule has 0 bridgehead atoms. The van der Waals surface area contributed by atoms with Gasteiger partial charge in [0.15, 0.2) is 5.82 Å². The molecule has 35 heavy (non-hydrogen) atoms. The molecule has 0 amide bonds. The van der Waals surface area contributed by atoms with E-state index in [0.29, 0.717) is 23.9 Å². The van der Waals surface area contributed by atoms with E-state index in [9.17, 15) is 9.50 Å². The number of fused-ring (bicyclic) bond motifs is 3. The first-order valence-electron chi connectivity index (χ1n) is 12.1. The Morgan fingerprint density at radius 1 is 1.17 bits per heavy atom. The average molecular weight is 477 g/mol. The summed E-state index contributed by atoms with van der Waals surface area (Å²) in [6.07, 6.45) is 5.24. The van der Waals surface area contributed by atoms with Crippen molar-refractivity contribution in [2.45, 2.75) is 44.3 Å². The number of aryl methyl sites for hydroxylation is 1. The molecule has 6 nitrogen and oxygen atoms in total. The Labute approximate surface area is 201 Å². The summed E-state index contributed by atoms with van der Waals surface area (Å²) >= 11 is 0. The van der Waals surface area contributed by atoms with Crippen LogP contribution < -0.4 is 4.74 Å². The minimum absolute atomic E-state index is 0.0233. The number of pyridine rings is 1. The second-order valence-corrected chi connectivity index (χ2v) is 9.57. The number of nitrogens with zero attached hydrogens (tertiary/aromatic N) is 4. The minimum atomic E-state index is -0.857. The van der Waals surface area contributed by atoms with Crippen molar-refractivity contribution < 1.29 is 18.6 Å². The van der Waals surface area contributed by atoms with Crippen molar-refractivity contribution >= 4 is 21.7 Å². The fraction of sp³-hybridized carbons (Fsp3) is 0.370. The molecule has 2 aromatic heterocycles. The number of benzene rings is 2. The predicted molar refractivity (Wildman–Crippen MR) is 130 cm³/mol. The molecule has 2 aliphatic rings. The molecule has 0 spiro atoms. The maximum absolute atomic E-state index is 15.9. The summed E-state index contributed by atoms with van der Waals surface area (Å²) in [7, 11) is 0. The molecule has 2 atom stereocenters. The zero-order chi connectivity index (χ0) is 24.2. The van der Waals surface area contributed by atoms with Crippen LogP contribution in [-0.2, 0) is 6.42 Å². The SMILES string of the molecule is CCc1cccc2c(-c3ncc4cnc(OC[C@@]56CCCN5C[C@H](F)C6)nc4c3F)c(O)ccc12. The summed E-state index contributed by atoms with van der Waals surface area (Å²) in [5, 5.41) is 12.8. The molecular formula is C27H26F2N4O2. The molecule has 8 heteroatoms. The van der Waals surface area contributed by atoms with Gasteiger partial charge in [0, 0.05) is 30.7 Å². The Kier molecular flexibility index (Phi) is 5.29. The summed E-state index contributed by atoms with van der Waals surface area (Å²) in [4.78, 5) is 15.1. The largest absolute Gasteiger partial charge is 0.507 e. The highest BCUT2D eigenvalue weighted by Crippen LogP contribution is 2.41. The van der Waals surface area contributed by atoms with Crippen molar-refractivity contribution in [3.63, 3.8) is 0 Å². The van der Waals surface area contributed by atoms with E-state index in [4.69, 9.17) is 4.74 Å². The fourth-order valence-corrected chi connectivity index (χ4v) is 5.81. The highest BCUT2D eigenvalue weighted by atomic mass is 19.1. The number of phenols is 1. The fourth-order valence-electron chi connectivity index (χ4n) is 5.81. The molecule has 4 heterocycles. The second kappa shape index (κ2) is 8.37. The number of hydrogen-bond donors (Lipinski definition) is 1. The lowest BCUT2D eigenvalue weighted by molar-refractivity contribution is 0.107. The molecule has 2 fully saturated rings. The quantitative estimate of drug-likeness (QED) is 0.427. The third-order valence-electron chi connectivity index (χ3n) is 7.52. The van der Waals surface area contributed by atoms with Gasteiger partial charge in [-0.2, -0.15) is 4.98 Å². The van der Waals surface area contributed by atoms with Crippen molar-refractivity contribution in [3.05, 3.63) is 54.1 Å². The van der Waals surface area contributed by atoms with Crippen LogP contribution in [0.3, 0.4) is 0 Å². The molecular weight excluding hydrogens is 450 g/mol. The maximum Gasteiger partial charge on any atom is 0.317 e. The van der Waals surface area contributed by atoms with E-state index >= 15 is 4.39 Å². The molecule has 0 aliphatic carbocycles. The van der Waals surface area contributed by atoms with Gasteiger partial charge in [0.1, 0.15) is 29.7 Å². The van der Waals surface area contributed by atoms with Crippen LogP contribution in [0.4, 0.5) is 8.78 Å². The van der Waals surface area contributed by atoms with Crippen LogP contribution in [0.2, 0.25) is 0 Å². The monoisotopic (exact) mass is 476 g/mol. The lowest BCUT2D eigenvalue weighted by Crippen LogP contribution is -2.43. The van der Waals surface area contributed by atoms with Crippen LogP contribution >= 0.6 is 0 Å². The first kappa shape index (κ1) is 22.1. The molecule has 2 aliphatic heterocycles. The standard InChI is InChI=1S/C27H26F2N4O2/c1-2-16-5-3-6-20-19(16)7-8-21(34)22(20)25-23(29)24-17(12-30-25)13-31-26(32-24)35-15-27-9-4-10-33(27)14-18(28)11-27/h3,5-8,12-13,18,34H,2,4,9-11,14-15H2,1H3/t18-,27+/m1/s1. The topological polar surface area (TPSA) is 71.4 Å². The van der Waals surface area contributed by atoms with Crippen molar-refractivity contribution in [1.29, 1.82) is 0 Å². The summed E-state index contributed by atoms with van der Waals surface area (Å²) in [6.45, 7) is 3.61. The Hall–Kier alpha value is -3.39. The molecule has 0 radical (unpaired) electrons. The van der Waals surface area contributed by atoms with Gasteiger partial charge in [-0.05, 0) is 48.2 Å². The number of halogens is 2. The zero-order valence-corrected chi connectivity index (χ0v) is 19.5. The van der Waals surface area contributed by atoms with Gasteiger partial charge in [-0.3, -0.25) is 9.88 Å². The number of aromatic nitrogens is 3. The Morgan fingerprint density at radius 3 is 2.89 bits per heavy atom. The summed E-state index contributed by atoms with van der Waals surface area (Å²) in [5.74, 6) is -0.700. The number of phenolic OH excluding ortho intramolecular Hbond substituents is 1. The second-order valence-electron chi connectivity index (χ2n) is 9.57. The third kappa shape index (κ3) is 3.58. The van der Waals surface area contributed by atoms with Crippen molar-refractivity contribution in [1.82, 2.24) is 19.9 Å². The minimum Gasteiger partial charge on any atom is -0.507 e. The highest BCUT2D eigenvalue weighted by molar-refractivity contribution is 6.01. The lowest BCUT2D eigenvalue weighted by Gasteiger charge is -2.30. The van der Waals surface area contributed by atoms with Gasteiger partial charge in [-0.1, -0.05) is 31.2 Å². The van der Waals surface area contributed by atoms with Crippen molar-refractivity contribution in [3.8, 4) is 23.0 Å². The van der Waals surface area contributed by atoms with E-state index in [1.165, 1.54) is 12.4 Å². The summed E-state index contributed by atoms with van der Waals surface area (Å²) < 4.78 is 35.8. The van der Waals surface area contributed by atoms with E-state index in [-0.39, 0.29) is 35.1 Å². The van der Waals surface area contributed by atoms with Gasteiger partial charge < -0.3 is 9.84 Å². The first-order valence-corrected chi connectivity index (χ1v) is 12.1. The smallest absolute Gasteiger partial charge is 0.317 e. The van der Waals surface area contributed by atoms with Crippen LogP contribution in [0.5, 0.6) is 11.8 Å². The molecule has 2 aromatic carbocycles. The summed E-state index contributed by atoms with van der Waals surface area (Å²) in [5.41, 5.74) is 1.18. The Balaban J connectivity index is 1.39. The van der Waals surface area contributed by atoms with Crippen LogP contribution in [0.15, 0.2) is 42.7 Å². The first-order chi connectivity index (χ1) is 17.0. The van der Waals surface area contributed by atoms with Gasteiger partial charge in [-0.25, -0.2) is 13.8 Å². The predicted octanol–water partition coefficient (Wildman–Crippen LogP) is 5.21. The molecule has 0 saturated carbocycles. The zero-order valence-electron chi connectivity index (χ0n) is 19.5. The average Bonchev–Trinajstić information content (AvgIpc) is 3.39. The van der Waals surface area contributed by atoms with E-state index in [1.807, 2.05) is 24.3 Å². The molecule has 0 unspecified atom stereocenters. The lowest BCUT2D eigenvalue weighted by atomic mass is 9.95. The number of rotatable bonds is 5. The number of alkyl halides is 1. The number of hydrogen-bond acceptors (Lipinski definition) is 6. The molecule has 2 saturated heterocycles. The maximum atomic E-state index is 15.9. The van der Waals surface area contributed by atoms with Gasteiger partial charge in [0.05, 0.1) is 11.1 Å². The van der Waals surface area contributed by atoms with Crippen LogP contribution in [0.25, 0.3) is 32.9 Å². The van der Waals surface area contributed by atoms with Gasteiger partial charge >= 0.3 is 6.01 Å². The van der Waals surface area contributed by atoms with Gasteiger partial charge in [0.25, 0.3) is 0 Å². The van der Waals surface area contributed by atoms with Gasteiger partial charge in [0.2, 0.25) is 0 Å². The van der Waals surface area contributed by atoms with E-state index in [0.717, 1.165) is 42.1 Å². The Bertz CT molecular complexity index is 1450. The van der Waals surface area contributed by atoms with E-state index < -0.39 is 12.0 Å². The molecule has 4 aromatic rings. The van der Waals surface area contributed by atoms with Crippen LogP contribution in [0, 0.1) is 5.82 Å². The van der Waals surface area contributed by atoms with Crippen molar-refractivity contribution in [2.24, 2.45) is 0 Å². The van der Waals surface area contributed by atoms with Crippen LogP contribution in [0.1, 0.15) is 31.7 Å². The third-order valence-corrected chi connectivity index (χ3v) is 7.52. The normalized spacial score (nSPS) is 22.2. The van der Waals surface area contributed by atoms with Crippen molar-refractivity contribution in [2.75, 3.05) is 19.7 Å². The van der Waals surface area contributed by atoms with E-state index in [2.05, 4.69) is 26.8 Å². The number of aromatic hydroxyl groups is 1. The highest BCUT2D eigenvalue weighted by Gasteiger charge is 2.49. The van der Waals surface area contributed by atoms with Crippen LogP contribution in [-0.4, -0.2) is 56.4 Å². The van der Waals surface area contributed by atoms with Gasteiger partial charge in [-0.15, -0.1) is 0 Å². The number of ether oxygens (including phenoxy) is 1. The molecule has 1 N–H and O–H groups in total. The molecule has 6 rings (SSSR count).